The van der Waals surface area contributed by atoms with Crippen LogP contribution in [0.4, 0.5) is 5.69 Å². The lowest BCUT2D eigenvalue weighted by Crippen LogP contribution is -2.30. The van der Waals surface area contributed by atoms with Crippen molar-refractivity contribution in [2.24, 2.45) is 0 Å². The number of halogens is 1. The van der Waals surface area contributed by atoms with Crippen molar-refractivity contribution in [1.29, 1.82) is 0 Å². The van der Waals surface area contributed by atoms with E-state index in [1.807, 2.05) is 0 Å². The van der Waals surface area contributed by atoms with E-state index in [-0.39, 0.29) is 18.2 Å². The molecule has 0 spiro atoms. The molecule has 0 fully saturated rings. The molecule has 1 aromatic rings. The molecule has 0 saturated heterocycles. The SMILES string of the molecule is CN(C)C(=O)CCNC(=O)c1cccc(N)c1Br. The highest BCUT2D eigenvalue weighted by atomic mass is 79.9. The highest BCUT2D eigenvalue weighted by molar-refractivity contribution is 9.10. The minimum atomic E-state index is -0.249. The zero-order valence-corrected chi connectivity index (χ0v) is 12.0. The molecule has 0 aliphatic heterocycles. The lowest BCUT2D eigenvalue weighted by atomic mass is 10.2. The summed E-state index contributed by atoms with van der Waals surface area (Å²) in [6, 6.07) is 5.08. The Hall–Kier alpha value is -1.56. The molecule has 0 atom stereocenters. The van der Waals surface area contributed by atoms with E-state index in [0.29, 0.717) is 22.3 Å². The van der Waals surface area contributed by atoms with Crippen molar-refractivity contribution in [3.8, 4) is 0 Å². The minimum absolute atomic E-state index is 0.0260. The molecule has 2 amide bonds. The molecule has 0 unspecified atom stereocenters. The van der Waals surface area contributed by atoms with E-state index in [4.69, 9.17) is 5.73 Å². The molecular weight excluding hydrogens is 298 g/mol. The van der Waals surface area contributed by atoms with Crippen molar-refractivity contribution in [2.75, 3.05) is 26.4 Å². The number of carbonyl (C=O) groups excluding carboxylic acids is 2. The summed E-state index contributed by atoms with van der Waals surface area (Å²) >= 11 is 3.26. The summed E-state index contributed by atoms with van der Waals surface area (Å²) in [5, 5.41) is 2.68. The second-order valence-electron chi connectivity index (χ2n) is 4.00. The maximum Gasteiger partial charge on any atom is 0.252 e. The Bertz CT molecular complexity index is 461. The summed E-state index contributed by atoms with van der Waals surface area (Å²) in [6.45, 7) is 0.303. The zero-order valence-electron chi connectivity index (χ0n) is 10.4. The topological polar surface area (TPSA) is 75.4 Å². The molecule has 3 N–H and O–H groups in total. The normalized spacial score (nSPS) is 9.94. The second kappa shape index (κ2) is 6.39. The van der Waals surface area contributed by atoms with Crippen LogP contribution >= 0.6 is 15.9 Å². The molecule has 0 saturated carbocycles. The largest absolute Gasteiger partial charge is 0.398 e. The van der Waals surface area contributed by atoms with Crippen molar-refractivity contribution in [3.63, 3.8) is 0 Å². The lowest BCUT2D eigenvalue weighted by molar-refractivity contribution is -0.128. The molecule has 5 nitrogen and oxygen atoms in total. The Labute approximate surface area is 114 Å². The molecular formula is C12H16BrN3O2. The molecule has 0 aromatic heterocycles. The fourth-order valence-corrected chi connectivity index (χ4v) is 1.77. The summed E-state index contributed by atoms with van der Waals surface area (Å²) in [5.41, 5.74) is 6.66. The first-order chi connectivity index (χ1) is 8.43. The standard InChI is InChI=1S/C12H16BrN3O2/c1-16(2)10(17)6-7-15-12(18)8-4-3-5-9(14)11(8)13/h3-5H,6-7,14H2,1-2H3,(H,15,18). The van der Waals surface area contributed by atoms with Crippen LogP contribution in [0.25, 0.3) is 0 Å². The van der Waals surface area contributed by atoms with Crippen molar-refractivity contribution >= 4 is 33.4 Å². The average Bonchev–Trinajstić information content (AvgIpc) is 2.32. The fourth-order valence-electron chi connectivity index (χ4n) is 1.33. The predicted molar refractivity (Wildman–Crippen MR) is 74.2 cm³/mol. The molecule has 18 heavy (non-hydrogen) atoms. The summed E-state index contributed by atoms with van der Waals surface area (Å²) < 4.78 is 0.571. The Morgan fingerprint density at radius 2 is 2.06 bits per heavy atom. The quantitative estimate of drug-likeness (QED) is 0.821. The molecule has 0 radical (unpaired) electrons. The number of hydrogen-bond acceptors (Lipinski definition) is 3. The second-order valence-corrected chi connectivity index (χ2v) is 4.80. The molecule has 98 valence electrons. The summed E-state index contributed by atoms with van der Waals surface area (Å²) in [4.78, 5) is 24.7. The van der Waals surface area contributed by atoms with Crippen LogP contribution in [0.1, 0.15) is 16.8 Å². The van der Waals surface area contributed by atoms with Crippen molar-refractivity contribution in [1.82, 2.24) is 10.2 Å². The number of benzene rings is 1. The highest BCUT2D eigenvalue weighted by Gasteiger charge is 2.12. The predicted octanol–water partition coefficient (Wildman–Crippen LogP) is 1.24. The van der Waals surface area contributed by atoms with E-state index in [2.05, 4.69) is 21.2 Å². The van der Waals surface area contributed by atoms with E-state index >= 15 is 0 Å². The first kappa shape index (κ1) is 14.5. The smallest absolute Gasteiger partial charge is 0.252 e. The summed E-state index contributed by atoms with van der Waals surface area (Å²) in [7, 11) is 3.36. The number of nitrogen functional groups attached to an aromatic ring is 1. The van der Waals surface area contributed by atoms with Gasteiger partial charge < -0.3 is 16.0 Å². The third kappa shape index (κ3) is 3.73. The first-order valence-corrected chi connectivity index (χ1v) is 6.25. The third-order valence-electron chi connectivity index (χ3n) is 2.40. The molecule has 0 aliphatic carbocycles. The van der Waals surface area contributed by atoms with Crippen molar-refractivity contribution in [3.05, 3.63) is 28.2 Å². The third-order valence-corrected chi connectivity index (χ3v) is 3.28. The molecule has 0 heterocycles. The van der Waals surface area contributed by atoms with Crippen LogP contribution in [0.2, 0.25) is 0 Å². The van der Waals surface area contributed by atoms with Gasteiger partial charge in [-0.25, -0.2) is 0 Å². The number of amides is 2. The van der Waals surface area contributed by atoms with Gasteiger partial charge >= 0.3 is 0 Å². The average molecular weight is 314 g/mol. The van der Waals surface area contributed by atoms with Gasteiger partial charge in [0.15, 0.2) is 0 Å². The van der Waals surface area contributed by atoms with Gasteiger partial charge in [0.25, 0.3) is 5.91 Å². The van der Waals surface area contributed by atoms with Crippen LogP contribution in [0.5, 0.6) is 0 Å². The van der Waals surface area contributed by atoms with Crippen molar-refractivity contribution in [2.45, 2.75) is 6.42 Å². The van der Waals surface area contributed by atoms with Gasteiger partial charge in [0.05, 0.1) is 10.0 Å². The maximum absolute atomic E-state index is 11.8. The van der Waals surface area contributed by atoms with Crippen LogP contribution in [0, 0.1) is 0 Å². The number of anilines is 1. The van der Waals surface area contributed by atoms with Crippen LogP contribution in [0.15, 0.2) is 22.7 Å². The summed E-state index contributed by atoms with van der Waals surface area (Å²) in [5.74, 6) is -0.275. The lowest BCUT2D eigenvalue weighted by Gasteiger charge is -2.11. The number of hydrogen-bond donors (Lipinski definition) is 2. The number of rotatable bonds is 4. The van der Waals surface area contributed by atoms with Crippen LogP contribution in [0.3, 0.4) is 0 Å². The Balaban J connectivity index is 2.56. The van der Waals surface area contributed by atoms with E-state index in [1.165, 1.54) is 4.90 Å². The van der Waals surface area contributed by atoms with E-state index < -0.39 is 0 Å². The molecule has 1 rings (SSSR count). The Kier molecular flexibility index (Phi) is 5.15. The molecule has 0 bridgehead atoms. The van der Waals surface area contributed by atoms with Gasteiger partial charge in [0.2, 0.25) is 5.91 Å². The molecule has 1 aromatic carbocycles. The molecule has 6 heteroatoms. The van der Waals surface area contributed by atoms with Gasteiger partial charge in [-0.2, -0.15) is 0 Å². The van der Waals surface area contributed by atoms with E-state index in [9.17, 15) is 9.59 Å². The number of nitrogens with two attached hydrogens (primary N) is 1. The number of nitrogens with zero attached hydrogens (tertiary/aromatic N) is 1. The van der Waals surface area contributed by atoms with E-state index in [0.717, 1.165) is 0 Å². The van der Waals surface area contributed by atoms with Crippen LogP contribution < -0.4 is 11.1 Å². The molecule has 0 aliphatic rings. The zero-order chi connectivity index (χ0) is 13.7. The minimum Gasteiger partial charge on any atom is -0.398 e. The summed E-state index contributed by atoms with van der Waals surface area (Å²) in [6.07, 6.45) is 0.276. The van der Waals surface area contributed by atoms with Gasteiger partial charge in [-0.1, -0.05) is 6.07 Å². The monoisotopic (exact) mass is 313 g/mol. The number of nitrogens with one attached hydrogen (secondary N) is 1. The van der Waals surface area contributed by atoms with Crippen LogP contribution in [-0.4, -0.2) is 37.4 Å². The fraction of sp³-hybridized carbons (Fsp3) is 0.333. The van der Waals surface area contributed by atoms with Gasteiger partial charge in [-0.05, 0) is 28.1 Å². The number of carbonyl (C=O) groups is 2. The maximum atomic E-state index is 11.8. The van der Waals surface area contributed by atoms with Crippen molar-refractivity contribution < 1.29 is 9.59 Å². The van der Waals surface area contributed by atoms with Gasteiger partial charge in [0, 0.05) is 32.7 Å². The Morgan fingerprint density at radius 1 is 1.39 bits per heavy atom. The highest BCUT2D eigenvalue weighted by Crippen LogP contribution is 2.23. The van der Waals surface area contributed by atoms with Gasteiger partial charge in [-0.3, -0.25) is 9.59 Å². The van der Waals surface area contributed by atoms with Crippen LogP contribution in [-0.2, 0) is 4.79 Å². The van der Waals surface area contributed by atoms with Gasteiger partial charge in [0.1, 0.15) is 0 Å². The van der Waals surface area contributed by atoms with Gasteiger partial charge in [-0.15, -0.1) is 0 Å². The van der Waals surface area contributed by atoms with E-state index in [1.54, 1.807) is 32.3 Å². The first-order valence-electron chi connectivity index (χ1n) is 5.46. The Morgan fingerprint density at radius 3 is 2.67 bits per heavy atom.